The maximum absolute atomic E-state index is 13.2. The summed E-state index contributed by atoms with van der Waals surface area (Å²) >= 11 is 0. The van der Waals surface area contributed by atoms with E-state index >= 15 is 0 Å². The number of benzene rings is 1. The number of nitrogens with zero attached hydrogens (tertiary/aromatic N) is 3. The third-order valence-electron chi connectivity index (χ3n) is 3.44. The van der Waals surface area contributed by atoms with Gasteiger partial charge in [0.15, 0.2) is 0 Å². The van der Waals surface area contributed by atoms with Crippen molar-refractivity contribution in [1.29, 1.82) is 0 Å². The smallest absolute Gasteiger partial charge is 0.225 e. The molecular weight excluding hydrogens is 353 g/mol. The van der Waals surface area contributed by atoms with E-state index < -0.39 is 0 Å². The Morgan fingerprint density at radius 3 is 1.96 bits per heavy atom. The third kappa shape index (κ3) is 7.82. The molecule has 0 radical (unpaired) electrons. The van der Waals surface area contributed by atoms with Crippen molar-refractivity contribution in [3.63, 3.8) is 0 Å². The Kier molecular flexibility index (Phi) is 14.9. The molecule has 0 aliphatic carbocycles. The number of allylic oxidation sites excluding steroid dienone is 1. The molecule has 0 saturated carbocycles. The second kappa shape index (κ2) is 15.3. The fraction of sp³-hybridized carbons (Fsp3) is 0.348. The summed E-state index contributed by atoms with van der Waals surface area (Å²) in [4.78, 5) is 19.3. The van der Waals surface area contributed by atoms with Crippen LogP contribution in [0, 0.1) is 5.82 Å². The van der Waals surface area contributed by atoms with Crippen LogP contribution in [0.25, 0.3) is 11.3 Å². The Morgan fingerprint density at radius 1 is 1.07 bits per heavy atom. The van der Waals surface area contributed by atoms with Crippen LogP contribution < -0.4 is 4.90 Å². The van der Waals surface area contributed by atoms with E-state index in [9.17, 15) is 4.39 Å². The molecule has 0 fully saturated rings. The molecule has 1 aromatic heterocycles. The Hall–Kier alpha value is -2.82. The highest BCUT2D eigenvalue weighted by molar-refractivity contribution is 5.66. The molecule has 0 unspecified atom stereocenters. The van der Waals surface area contributed by atoms with E-state index in [1.165, 1.54) is 12.1 Å². The van der Waals surface area contributed by atoms with Crippen LogP contribution in [0.3, 0.4) is 0 Å². The molecule has 0 bridgehead atoms. The van der Waals surface area contributed by atoms with E-state index in [4.69, 9.17) is 4.79 Å². The zero-order chi connectivity index (χ0) is 22.3. The van der Waals surface area contributed by atoms with Gasteiger partial charge in [-0.3, -0.25) is 0 Å². The molecule has 4 nitrogen and oxygen atoms in total. The van der Waals surface area contributed by atoms with Crippen LogP contribution in [0.1, 0.15) is 44.9 Å². The van der Waals surface area contributed by atoms with E-state index in [1.54, 1.807) is 12.1 Å². The van der Waals surface area contributed by atoms with E-state index in [0.29, 0.717) is 12.4 Å². The van der Waals surface area contributed by atoms with Gasteiger partial charge >= 0.3 is 0 Å². The minimum absolute atomic E-state index is 0.250. The number of hydrogen-bond acceptors (Lipinski definition) is 4. The minimum atomic E-state index is -0.250. The van der Waals surface area contributed by atoms with Crippen LogP contribution in [-0.4, -0.2) is 30.9 Å². The second-order valence-electron chi connectivity index (χ2n) is 5.78. The van der Waals surface area contributed by atoms with Crippen molar-refractivity contribution in [1.82, 2.24) is 9.97 Å². The zero-order valence-electron chi connectivity index (χ0n) is 18.1. The van der Waals surface area contributed by atoms with E-state index in [2.05, 4.69) is 43.6 Å². The van der Waals surface area contributed by atoms with E-state index in [0.717, 1.165) is 22.5 Å². The van der Waals surface area contributed by atoms with Gasteiger partial charge in [0.1, 0.15) is 12.6 Å². The van der Waals surface area contributed by atoms with Crippen molar-refractivity contribution in [3.8, 4) is 11.3 Å². The first-order valence-electron chi connectivity index (χ1n) is 9.17. The topological polar surface area (TPSA) is 46.1 Å². The van der Waals surface area contributed by atoms with Crippen molar-refractivity contribution in [3.05, 3.63) is 67.2 Å². The Labute approximate surface area is 169 Å². The Balaban J connectivity index is 0. The van der Waals surface area contributed by atoms with Crippen LogP contribution in [0.15, 0.2) is 50.1 Å². The molecule has 2 rings (SSSR count). The summed E-state index contributed by atoms with van der Waals surface area (Å²) in [6, 6.07) is 6.43. The quantitative estimate of drug-likeness (QED) is 0.604. The van der Waals surface area contributed by atoms with Crippen molar-refractivity contribution in [2.24, 2.45) is 0 Å². The molecule has 0 saturated heterocycles. The monoisotopic (exact) mass is 387 g/mol. The lowest BCUT2D eigenvalue weighted by atomic mass is 9.96. The molecule has 5 heteroatoms. The minimum Gasteiger partial charge on any atom is -0.347 e. The zero-order valence-corrected chi connectivity index (χ0v) is 18.1. The van der Waals surface area contributed by atoms with Crippen LogP contribution in [0.4, 0.5) is 10.3 Å². The average molecular weight is 388 g/mol. The molecule has 0 amide bonds. The standard InChI is InChI=1S/C18H22FN3.C2H6.C2H4.CH2O/c1-6-7-15-16(12(2)3)20-18(22(4)5)21-17(15)13-8-10-14(19)11-9-13;3*1-2/h6,8-12H,1,7H2,2-5H3;1-2H3;1-2H2;1H2. The molecule has 2 aromatic rings. The highest BCUT2D eigenvalue weighted by Gasteiger charge is 2.18. The Morgan fingerprint density at radius 2 is 1.57 bits per heavy atom. The predicted molar refractivity (Wildman–Crippen MR) is 119 cm³/mol. The first-order valence-corrected chi connectivity index (χ1v) is 9.17. The lowest BCUT2D eigenvalue weighted by Crippen LogP contribution is -2.16. The normalized spacial score (nSPS) is 9.00. The molecule has 0 spiro atoms. The van der Waals surface area contributed by atoms with E-state index in [1.807, 2.05) is 45.7 Å². The lowest BCUT2D eigenvalue weighted by molar-refractivity contribution is -0.0979. The number of rotatable bonds is 5. The maximum atomic E-state index is 13.2. The molecule has 1 heterocycles. The van der Waals surface area contributed by atoms with Gasteiger partial charge < -0.3 is 9.69 Å². The van der Waals surface area contributed by atoms with Gasteiger partial charge in [0.05, 0.1) is 11.4 Å². The van der Waals surface area contributed by atoms with Gasteiger partial charge in [-0.2, -0.15) is 0 Å². The highest BCUT2D eigenvalue weighted by atomic mass is 19.1. The van der Waals surface area contributed by atoms with Crippen molar-refractivity contribution in [2.45, 2.75) is 40.0 Å². The molecule has 0 aliphatic heterocycles. The molecule has 154 valence electrons. The molecule has 0 N–H and O–H groups in total. The number of carbonyl (C=O) groups excluding carboxylic acids is 1. The second-order valence-corrected chi connectivity index (χ2v) is 5.78. The number of aromatic nitrogens is 2. The summed E-state index contributed by atoms with van der Waals surface area (Å²) in [7, 11) is 3.84. The number of carbonyl (C=O) groups is 1. The lowest BCUT2D eigenvalue weighted by Gasteiger charge is -2.19. The number of anilines is 1. The largest absolute Gasteiger partial charge is 0.347 e. The summed E-state index contributed by atoms with van der Waals surface area (Å²) in [6.45, 7) is 20.1. The number of halogens is 1. The van der Waals surface area contributed by atoms with Crippen molar-refractivity contribution in [2.75, 3.05) is 19.0 Å². The molecular formula is C23H34FN3O. The molecule has 28 heavy (non-hydrogen) atoms. The summed E-state index contributed by atoms with van der Waals surface area (Å²) in [5, 5.41) is 0. The summed E-state index contributed by atoms with van der Waals surface area (Å²) in [5.74, 6) is 0.687. The fourth-order valence-electron chi connectivity index (χ4n) is 2.36. The number of hydrogen-bond donors (Lipinski definition) is 0. The van der Waals surface area contributed by atoms with Crippen LogP contribution >= 0.6 is 0 Å². The van der Waals surface area contributed by atoms with Gasteiger partial charge in [-0.1, -0.05) is 33.8 Å². The van der Waals surface area contributed by atoms with Crippen LogP contribution in [0.5, 0.6) is 0 Å². The first-order chi connectivity index (χ1) is 13.4. The Bertz CT molecular complexity index is 696. The van der Waals surface area contributed by atoms with Crippen LogP contribution in [-0.2, 0) is 11.2 Å². The van der Waals surface area contributed by atoms with Crippen molar-refractivity contribution < 1.29 is 9.18 Å². The molecule has 0 aliphatic rings. The third-order valence-corrected chi connectivity index (χ3v) is 3.44. The molecule has 1 aromatic carbocycles. The van der Waals surface area contributed by atoms with Crippen LogP contribution in [0.2, 0.25) is 0 Å². The van der Waals surface area contributed by atoms with Gasteiger partial charge in [-0.15, -0.1) is 19.7 Å². The predicted octanol–water partition coefficient (Wildman–Crippen LogP) is 5.84. The van der Waals surface area contributed by atoms with Gasteiger partial charge in [0.25, 0.3) is 0 Å². The summed E-state index contributed by atoms with van der Waals surface area (Å²) < 4.78 is 13.2. The SMILES string of the molecule is C=C.C=CCc1c(-c2ccc(F)cc2)nc(N(C)C)nc1C(C)C.C=O.CC. The van der Waals surface area contributed by atoms with Gasteiger partial charge in [-0.25, -0.2) is 14.4 Å². The van der Waals surface area contributed by atoms with E-state index in [-0.39, 0.29) is 11.7 Å². The van der Waals surface area contributed by atoms with Gasteiger partial charge in [0.2, 0.25) is 5.95 Å². The molecule has 0 atom stereocenters. The summed E-state index contributed by atoms with van der Waals surface area (Å²) in [6.07, 6.45) is 2.54. The first kappa shape index (κ1) is 27.4. The maximum Gasteiger partial charge on any atom is 0.225 e. The average Bonchev–Trinajstić information content (AvgIpc) is 2.73. The van der Waals surface area contributed by atoms with Crippen molar-refractivity contribution >= 4 is 12.7 Å². The summed E-state index contributed by atoms with van der Waals surface area (Å²) in [5.41, 5.74) is 3.81. The highest BCUT2D eigenvalue weighted by Crippen LogP contribution is 2.30. The van der Waals surface area contributed by atoms with Gasteiger partial charge in [-0.05, 0) is 36.6 Å². The fourth-order valence-corrected chi connectivity index (χ4v) is 2.36. The van der Waals surface area contributed by atoms with Gasteiger partial charge in [0, 0.05) is 25.2 Å².